The standard InChI is InChI=1S/C13H16BrN3/c1-17-12(9-15)16-11(13(17)14)8-7-10-5-3-2-4-6-10/h2-6H,7-9,15H2,1H3. The van der Waals surface area contributed by atoms with E-state index in [0.717, 1.165) is 29.0 Å². The first-order valence-corrected chi connectivity index (χ1v) is 6.45. The first-order chi connectivity index (χ1) is 8.22. The summed E-state index contributed by atoms with van der Waals surface area (Å²) in [6.07, 6.45) is 1.93. The second-order valence-corrected chi connectivity index (χ2v) is 4.77. The summed E-state index contributed by atoms with van der Waals surface area (Å²) < 4.78 is 3.04. The number of aryl methyl sites for hydroxylation is 2. The highest BCUT2D eigenvalue weighted by Crippen LogP contribution is 2.19. The highest BCUT2D eigenvalue weighted by Gasteiger charge is 2.10. The summed E-state index contributed by atoms with van der Waals surface area (Å²) in [7, 11) is 1.98. The lowest BCUT2D eigenvalue weighted by Gasteiger charge is -2.00. The Balaban J connectivity index is 2.09. The van der Waals surface area contributed by atoms with Gasteiger partial charge in [0.05, 0.1) is 12.2 Å². The second kappa shape index (κ2) is 5.47. The fraction of sp³-hybridized carbons (Fsp3) is 0.308. The van der Waals surface area contributed by atoms with E-state index >= 15 is 0 Å². The van der Waals surface area contributed by atoms with E-state index in [2.05, 4.69) is 45.2 Å². The molecule has 3 nitrogen and oxygen atoms in total. The van der Waals surface area contributed by atoms with Gasteiger partial charge in [0, 0.05) is 7.05 Å². The van der Waals surface area contributed by atoms with Crippen LogP contribution in [-0.2, 0) is 26.4 Å². The van der Waals surface area contributed by atoms with E-state index in [4.69, 9.17) is 5.73 Å². The molecule has 0 fully saturated rings. The topological polar surface area (TPSA) is 43.8 Å². The SMILES string of the molecule is Cn1c(CN)nc(CCc2ccccc2)c1Br. The maximum Gasteiger partial charge on any atom is 0.123 e. The van der Waals surface area contributed by atoms with Crippen molar-refractivity contribution in [3.63, 3.8) is 0 Å². The summed E-state index contributed by atoms with van der Waals surface area (Å²) in [5.41, 5.74) is 8.05. The molecule has 4 heteroatoms. The van der Waals surface area contributed by atoms with E-state index in [1.165, 1.54) is 5.56 Å². The van der Waals surface area contributed by atoms with Gasteiger partial charge in [-0.15, -0.1) is 0 Å². The molecule has 0 bridgehead atoms. The molecule has 0 radical (unpaired) electrons. The molecule has 0 unspecified atom stereocenters. The van der Waals surface area contributed by atoms with Crippen molar-refractivity contribution >= 4 is 15.9 Å². The summed E-state index contributed by atoms with van der Waals surface area (Å²) in [5, 5.41) is 0. The van der Waals surface area contributed by atoms with E-state index in [1.54, 1.807) is 0 Å². The Morgan fingerprint density at radius 3 is 2.53 bits per heavy atom. The number of hydrogen-bond donors (Lipinski definition) is 1. The van der Waals surface area contributed by atoms with E-state index in [9.17, 15) is 0 Å². The van der Waals surface area contributed by atoms with Crippen LogP contribution < -0.4 is 5.73 Å². The Bertz CT molecular complexity index is 491. The van der Waals surface area contributed by atoms with E-state index < -0.39 is 0 Å². The van der Waals surface area contributed by atoms with Crippen LogP contribution in [-0.4, -0.2) is 9.55 Å². The molecule has 0 amide bonds. The number of nitrogens with two attached hydrogens (primary N) is 1. The van der Waals surface area contributed by atoms with Gasteiger partial charge in [-0.2, -0.15) is 0 Å². The zero-order valence-corrected chi connectivity index (χ0v) is 11.4. The number of nitrogens with zero attached hydrogens (tertiary/aromatic N) is 2. The fourth-order valence-corrected chi connectivity index (χ4v) is 2.32. The van der Waals surface area contributed by atoms with Gasteiger partial charge in [-0.1, -0.05) is 30.3 Å². The second-order valence-electron chi connectivity index (χ2n) is 4.01. The summed E-state index contributed by atoms with van der Waals surface area (Å²) in [6.45, 7) is 0.473. The van der Waals surface area contributed by atoms with Crippen LogP contribution in [0.3, 0.4) is 0 Å². The molecule has 2 aromatic rings. The van der Waals surface area contributed by atoms with Crippen LogP contribution in [0.5, 0.6) is 0 Å². The van der Waals surface area contributed by atoms with Crippen molar-refractivity contribution in [2.75, 3.05) is 0 Å². The molecule has 17 heavy (non-hydrogen) atoms. The molecule has 2 N–H and O–H groups in total. The number of imidazole rings is 1. The third-order valence-electron chi connectivity index (χ3n) is 2.86. The van der Waals surface area contributed by atoms with Gasteiger partial charge in [0.15, 0.2) is 0 Å². The van der Waals surface area contributed by atoms with Crippen molar-refractivity contribution in [3.8, 4) is 0 Å². The summed E-state index contributed by atoms with van der Waals surface area (Å²) in [6, 6.07) is 10.4. The highest BCUT2D eigenvalue weighted by atomic mass is 79.9. The molecule has 0 aliphatic heterocycles. The van der Waals surface area contributed by atoms with E-state index in [0.29, 0.717) is 6.54 Å². The minimum absolute atomic E-state index is 0.473. The Kier molecular flexibility index (Phi) is 3.97. The zero-order chi connectivity index (χ0) is 12.3. The van der Waals surface area contributed by atoms with Gasteiger partial charge in [-0.05, 0) is 34.3 Å². The molecule has 0 atom stereocenters. The van der Waals surface area contributed by atoms with Crippen LogP contribution in [0.15, 0.2) is 34.9 Å². The first-order valence-electron chi connectivity index (χ1n) is 5.66. The summed E-state index contributed by atoms with van der Waals surface area (Å²) in [5.74, 6) is 0.917. The van der Waals surface area contributed by atoms with Crippen molar-refractivity contribution < 1.29 is 0 Å². The maximum absolute atomic E-state index is 5.64. The number of rotatable bonds is 4. The van der Waals surface area contributed by atoms with Crippen molar-refractivity contribution in [2.45, 2.75) is 19.4 Å². The lowest BCUT2D eigenvalue weighted by atomic mass is 10.1. The van der Waals surface area contributed by atoms with Gasteiger partial charge in [-0.3, -0.25) is 0 Å². The molecule has 0 aliphatic rings. The molecule has 0 aliphatic carbocycles. The molecule has 90 valence electrons. The summed E-state index contributed by atoms with van der Waals surface area (Å²) >= 11 is 3.56. The van der Waals surface area contributed by atoms with E-state index in [-0.39, 0.29) is 0 Å². The molecule has 0 spiro atoms. The average molecular weight is 294 g/mol. The zero-order valence-electron chi connectivity index (χ0n) is 9.86. The van der Waals surface area contributed by atoms with Crippen LogP contribution in [0, 0.1) is 0 Å². The maximum atomic E-state index is 5.64. The molecule has 1 aromatic heterocycles. The van der Waals surface area contributed by atoms with Crippen LogP contribution in [0.2, 0.25) is 0 Å². The Labute approximate surface area is 110 Å². The quantitative estimate of drug-likeness (QED) is 0.941. The Morgan fingerprint density at radius 2 is 1.94 bits per heavy atom. The molecule has 0 saturated carbocycles. The van der Waals surface area contributed by atoms with Gasteiger partial charge in [0.1, 0.15) is 10.4 Å². The number of halogens is 1. The van der Waals surface area contributed by atoms with Gasteiger partial charge in [0.2, 0.25) is 0 Å². The molecule has 1 aromatic carbocycles. The van der Waals surface area contributed by atoms with Crippen LogP contribution >= 0.6 is 15.9 Å². The minimum Gasteiger partial charge on any atom is -0.325 e. The predicted octanol–water partition coefficient (Wildman–Crippen LogP) is 2.43. The van der Waals surface area contributed by atoms with Crippen molar-refractivity contribution in [3.05, 3.63) is 52.0 Å². The lowest BCUT2D eigenvalue weighted by Crippen LogP contribution is -2.04. The Hall–Kier alpha value is -1.13. The monoisotopic (exact) mass is 293 g/mol. The lowest BCUT2D eigenvalue weighted by molar-refractivity contribution is 0.781. The molecule has 0 saturated heterocycles. The average Bonchev–Trinajstić information content (AvgIpc) is 2.65. The number of hydrogen-bond acceptors (Lipinski definition) is 2. The third kappa shape index (κ3) is 2.76. The van der Waals surface area contributed by atoms with E-state index in [1.807, 2.05) is 17.7 Å². The van der Waals surface area contributed by atoms with Crippen LogP contribution in [0.25, 0.3) is 0 Å². The van der Waals surface area contributed by atoms with Gasteiger partial charge in [0.25, 0.3) is 0 Å². The van der Waals surface area contributed by atoms with Crippen LogP contribution in [0.1, 0.15) is 17.1 Å². The fourth-order valence-electron chi connectivity index (χ4n) is 1.83. The van der Waals surface area contributed by atoms with Crippen molar-refractivity contribution in [1.82, 2.24) is 9.55 Å². The molecule has 2 rings (SSSR count). The highest BCUT2D eigenvalue weighted by molar-refractivity contribution is 9.10. The Morgan fingerprint density at radius 1 is 1.24 bits per heavy atom. The third-order valence-corrected chi connectivity index (χ3v) is 3.85. The van der Waals surface area contributed by atoms with Crippen LogP contribution in [0.4, 0.5) is 0 Å². The normalized spacial score (nSPS) is 10.8. The smallest absolute Gasteiger partial charge is 0.123 e. The minimum atomic E-state index is 0.473. The largest absolute Gasteiger partial charge is 0.325 e. The van der Waals surface area contributed by atoms with Crippen molar-refractivity contribution in [1.29, 1.82) is 0 Å². The molecular formula is C13H16BrN3. The van der Waals surface area contributed by atoms with Crippen molar-refractivity contribution in [2.24, 2.45) is 12.8 Å². The predicted molar refractivity (Wildman–Crippen MR) is 72.6 cm³/mol. The summed E-state index contributed by atoms with van der Waals surface area (Å²) in [4.78, 5) is 4.53. The molecule has 1 heterocycles. The number of benzene rings is 1. The van der Waals surface area contributed by atoms with Gasteiger partial charge >= 0.3 is 0 Å². The number of aromatic nitrogens is 2. The van der Waals surface area contributed by atoms with Gasteiger partial charge in [-0.25, -0.2) is 4.98 Å². The van der Waals surface area contributed by atoms with Gasteiger partial charge < -0.3 is 10.3 Å². The first kappa shape index (κ1) is 12.3. The molecular weight excluding hydrogens is 278 g/mol.